The van der Waals surface area contributed by atoms with Gasteiger partial charge in [-0.15, -0.1) is 0 Å². The highest BCUT2D eigenvalue weighted by Crippen LogP contribution is 2.19. The van der Waals surface area contributed by atoms with Gasteiger partial charge in [0, 0.05) is 18.1 Å². The zero-order chi connectivity index (χ0) is 16.9. The number of esters is 1. The van der Waals surface area contributed by atoms with Gasteiger partial charge in [-0.2, -0.15) is 0 Å². The second-order valence-electron chi connectivity index (χ2n) is 5.04. The molecule has 0 saturated carbocycles. The minimum Gasteiger partial charge on any atom is -0.444 e. The van der Waals surface area contributed by atoms with E-state index in [4.69, 9.17) is 26.9 Å². The van der Waals surface area contributed by atoms with Crippen molar-refractivity contribution in [1.82, 2.24) is 5.01 Å². The van der Waals surface area contributed by atoms with E-state index in [9.17, 15) is 4.79 Å². The highest BCUT2D eigenvalue weighted by atomic mass is 35.5. The van der Waals surface area contributed by atoms with E-state index in [0.717, 1.165) is 0 Å². The summed E-state index contributed by atoms with van der Waals surface area (Å²) in [5.74, 6) is 11.7. The Kier molecular flexibility index (Phi) is 5.32. The quantitative estimate of drug-likeness (QED) is 0.399. The SMILES string of the molecule is CC(=O)OC(C#CC1(C)C=CC=CN1N)Oc1ccc(Cl)cc1. The van der Waals surface area contributed by atoms with Gasteiger partial charge < -0.3 is 9.47 Å². The number of allylic oxidation sites excluding steroid dienone is 2. The maximum atomic E-state index is 11.2. The molecule has 2 rings (SSSR count). The van der Waals surface area contributed by atoms with Gasteiger partial charge in [0.15, 0.2) is 0 Å². The van der Waals surface area contributed by atoms with Gasteiger partial charge in [0.05, 0.1) is 0 Å². The highest BCUT2D eigenvalue weighted by molar-refractivity contribution is 6.30. The van der Waals surface area contributed by atoms with Crippen molar-refractivity contribution in [3.8, 4) is 17.6 Å². The molecule has 120 valence electrons. The number of benzene rings is 1. The van der Waals surface area contributed by atoms with Crippen LogP contribution in [0.15, 0.2) is 48.7 Å². The number of halogens is 1. The molecule has 1 aromatic carbocycles. The number of carbonyl (C=O) groups excluding carboxylic acids is 1. The van der Waals surface area contributed by atoms with E-state index in [1.54, 1.807) is 36.5 Å². The van der Waals surface area contributed by atoms with Crippen LogP contribution in [0, 0.1) is 11.8 Å². The number of hydrogen-bond acceptors (Lipinski definition) is 5. The third-order valence-corrected chi connectivity index (χ3v) is 3.34. The summed E-state index contributed by atoms with van der Waals surface area (Å²) in [4.78, 5) is 11.2. The van der Waals surface area contributed by atoms with Gasteiger partial charge in [-0.1, -0.05) is 23.6 Å². The third-order valence-electron chi connectivity index (χ3n) is 3.09. The molecule has 1 aliphatic rings. The zero-order valence-corrected chi connectivity index (χ0v) is 13.6. The summed E-state index contributed by atoms with van der Waals surface area (Å²) in [6.45, 7) is 3.13. The van der Waals surface area contributed by atoms with E-state index in [1.807, 2.05) is 19.1 Å². The molecule has 1 aromatic rings. The van der Waals surface area contributed by atoms with Gasteiger partial charge in [-0.05, 0) is 49.3 Å². The number of nitrogens with two attached hydrogens (primary N) is 1. The Bertz CT molecular complexity index is 688. The summed E-state index contributed by atoms with van der Waals surface area (Å²) >= 11 is 5.83. The maximum Gasteiger partial charge on any atom is 0.308 e. The molecule has 0 spiro atoms. The molecule has 0 amide bonds. The first-order valence-corrected chi connectivity index (χ1v) is 7.29. The topological polar surface area (TPSA) is 64.8 Å². The van der Waals surface area contributed by atoms with Crippen LogP contribution in [0.1, 0.15) is 13.8 Å². The minimum absolute atomic E-state index is 0.490. The lowest BCUT2D eigenvalue weighted by Crippen LogP contribution is -2.46. The van der Waals surface area contributed by atoms with Crippen LogP contribution in [0.4, 0.5) is 0 Å². The van der Waals surface area contributed by atoms with E-state index in [-0.39, 0.29) is 0 Å². The summed E-state index contributed by atoms with van der Waals surface area (Å²) in [6.07, 6.45) is 6.15. The average Bonchev–Trinajstić information content (AvgIpc) is 2.50. The number of nitrogens with zero attached hydrogens (tertiary/aromatic N) is 1. The van der Waals surface area contributed by atoms with E-state index < -0.39 is 17.8 Å². The van der Waals surface area contributed by atoms with Gasteiger partial charge in [0.2, 0.25) is 0 Å². The molecule has 0 fully saturated rings. The van der Waals surface area contributed by atoms with Crippen molar-refractivity contribution >= 4 is 17.6 Å². The Hall–Kier alpha value is -2.42. The van der Waals surface area contributed by atoms with E-state index in [1.165, 1.54) is 11.9 Å². The molecule has 1 heterocycles. The van der Waals surface area contributed by atoms with Crippen LogP contribution in [0.25, 0.3) is 0 Å². The second kappa shape index (κ2) is 7.23. The monoisotopic (exact) mass is 332 g/mol. The standard InChI is InChI=1S/C17H17ClN2O3/c1-13(21)22-16(23-15-7-5-14(18)6-8-15)9-11-17(2)10-3-4-12-20(17)19/h3-8,10,12,16H,19H2,1-2H3. The highest BCUT2D eigenvalue weighted by Gasteiger charge is 2.24. The molecule has 2 unspecified atom stereocenters. The van der Waals surface area contributed by atoms with Crippen LogP contribution in [-0.4, -0.2) is 22.8 Å². The first kappa shape index (κ1) is 16.9. The Morgan fingerprint density at radius 3 is 2.65 bits per heavy atom. The van der Waals surface area contributed by atoms with E-state index in [2.05, 4.69) is 11.8 Å². The lowest BCUT2D eigenvalue weighted by molar-refractivity contribution is -0.154. The first-order valence-electron chi connectivity index (χ1n) is 6.91. The van der Waals surface area contributed by atoms with Crippen LogP contribution in [0.3, 0.4) is 0 Å². The van der Waals surface area contributed by atoms with Crippen LogP contribution in [-0.2, 0) is 9.53 Å². The van der Waals surface area contributed by atoms with E-state index in [0.29, 0.717) is 10.8 Å². The van der Waals surface area contributed by atoms with Crippen molar-refractivity contribution in [2.45, 2.75) is 25.7 Å². The van der Waals surface area contributed by atoms with Crippen molar-refractivity contribution in [2.75, 3.05) is 0 Å². The predicted molar refractivity (Wildman–Crippen MR) is 88.1 cm³/mol. The lowest BCUT2D eigenvalue weighted by Gasteiger charge is -2.31. The van der Waals surface area contributed by atoms with Crippen molar-refractivity contribution in [3.63, 3.8) is 0 Å². The second-order valence-corrected chi connectivity index (χ2v) is 5.47. The van der Waals surface area contributed by atoms with Crippen molar-refractivity contribution in [3.05, 3.63) is 53.7 Å². The molecule has 5 nitrogen and oxygen atoms in total. The molecule has 2 atom stereocenters. The number of rotatable bonds is 3. The predicted octanol–water partition coefficient (Wildman–Crippen LogP) is 2.63. The lowest BCUT2D eigenvalue weighted by atomic mass is 10.00. The average molecular weight is 333 g/mol. The van der Waals surface area contributed by atoms with Gasteiger partial charge in [0.25, 0.3) is 0 Å². The fraction of sp³-hybridized carbons (Fsp3) is 0.235. The third kappa shape index (κ3) is 4.78. The number of hydrazine groups is 1. The van der Waals surface area contributed by atoms with Crippen LogP contribution in [0.5, 0.6) is 5.75 Å². The smallest absolute Gasteiger partial charge is 0.308 e. The maximum absolute atomic E-state index is 11.2. The van der Waals surface area contributed by atoms with Crippen molar-refractivity contribution in [1.29, 1.82) is 0 Å². The molecule has 2 N–H and O–H groups in total. The molecule has 6 heteroatoms. The van der Waals surface area contributed by atoms with Crippen LogP contribution in [0.2, 0.25) is 5.02 Å². The van der Waals surface area contributed by atoms with E-state index >= 15 is 0 Å². The molecule has 0 radical (unpaired) electrons. The summed E-state index contributed by atoms with van der Waals surface area (Å²) in [5, 5.41) is 2.05. The summed E-state index contributed by atoms with van der Waals surface area (Å²) in [5.41, 5.74) is -0.712. The Balaban J connectivity index is 2.18. The molecule has 1 aliphatic heterocycles. The van der Waals surface area contributed by atoms with Gasteiger partial charge in [-0.3, -0.25) is 9.80 Å². The molecule has 0 bridgehead atoms. The minimum atomic E-state index is -1.04. The molecular weight excluding hydrogens is 316 g/mol. The molecule has 0 aromatic heterocycles. The number of ether oxygens (including phenoxy) is 2. The van der Waals surface area contributed by atoms with Crippen molar-refractivity contribution < 1.29 is 14.3 Å². The fourth-order valence-electron chi connectivity index (χ4n) is 1.81. The summed E-state index contributed by atoms with van der Waals surface area (Å²) in [7, 11) is 0. The van der Waals surface area contributed by atoms with Crippen LogP contribution >= 0.6 is 11.6 Å². The Labute approximate surface area is 140 Å². The summed E-state index contributed by atoms with van der Waals surface area (Å²) < 4.78 is 10.7. The Morgan fingerprint density at radius 2 is 2.04 bits per heavy atom. The van der Waals surface area contributed by atoms with Gasteiger partial charge in [0.1, 0.15) is 11.3 Å². The summed E-state index contributed by atoms with van der Waals surface area (Å²) in [6, 6.07) is 6.68. The molecule has 0 saturated heterocycles. The normalized spacial score (nSPS) is 20.4. The molecule has 0 aliphatic carbocycles. The largest absolute Gasteiger partial charge is 0.444 e. The number of hydrogen-bond donors (Lipinski definition) is 1. The zero-order valence-electron chi connectivity index (χ0n) is 12.8. The first-order chi connectivity index (χ1) is 10.9. The van der Waals surface area contributed by atoms with Gasteiger partial charge in [-0.25, -0.2) is 5.84 Å². The molecular formula is C17H17ClN2O3. The molecule has 23 heavy (non-hydrogen) atoms. The fourth-order valence-corrected chi connectivity index (χ4v) is 1.93. The van der Waals surface area contributed by atoms with Crippen LogP contribution < -0.4 is 10.6 Å². The Morgan fingerprint density at radius 1 is 1.35 bits per heavy atom. The number of carbonyl (C=O) groups is 1. The van der Waals surface area contributed by atoms with Crippen molar-refractivity contribution in [2.24, 2.45) is 5.84 Å². The van der Waals surface area contributed by atoms with Gasteiger partial charge >= 0.3 is 12.3 Å².